The van der Waals surface area contributed by atoms with Crippen molar-refractivity contribution in [3.63, 3.8) is 0 Å². The number of aliphatic hydroxyl groups excluding tert-OH is 1. The van der Waals surface area contributed by atoms with Crippen molar-refractivity contribution in [1.29, 1.82) is 0 Å². The van der Waals surface area contributed by atoms with Crippen molar-refractivity contribution in [2.45, 2.75) is 53.1 Å². The molecular weight excluding hydrogens is 230 g/mol. The van der Waals surface area contributed by atoms with Crippen LogP contribution in [0.4, 0.5) is 0 Å². The van der Waals surface area contributed by atoms with E-state index in [0.717, 1.165) is 25.8 Å². The lowest BCUT2D eigenvalue weighted by molar-refractivity contribution is 0.101. The number of nitrogens with zero attached hydrogens (tertiary/aromatic N) is 1. The molecular formula is C13H29N3O2. The van der Waals surface area contributed by atoms with E-state index in [0.29, 0.717) is 12.5 Å². The Morgan fingerprint density at radius 1 is 1.33 bits per heavy atom. The van der Waals surface area contributed by atoms with Crippen LogP contribution in [0.5, 0.6) is 0 Å². The highest BCUT2D eigenvalue weighted by Gasteiger charge is 2.23. The highest BCUT2D eigenvalue weighted by Crippen LogP contribution is 2.19. The van der Waals surface area contributed by atoms with Gasteiger partial charge in [-0.15, -0.1) is 0 Å². The van der Waals surface area contributed by atoms with Crippen molar-refractivity contribution in [3.8, 4) is 0 Å². The molecule has 1 unspecified atom stereocenters. The molecule has 108 valence electrons. The monoisotopic (exact) mass is 259 g/mol. The van der Waals surface area contributed by atoms with E-state index in [9.17, 15) is 5.11 Å². The number of amidine groups is 1. The average Bonchev–Trinajstić information content (AvgIpc) is 2.35. The van der Waals surface area contributed by atoms with Crippen LogP contribution in [0.2, 0.25) is 0 Å². The van der Waals surface area contributed by atoms with Crippen LogP contribution in [0.15, 0.2) is 5.16 Å². The van der Waals surface area contributed by atoms with Crippen LogP contribution < -0.4 is 11.1 Å². The molecule has 0 bridgehead atoms. The van der Waals surface area contributed by atoms with Crippen molar-refractivity contribution in [1.82, 2.24) is 5.32 Å². The predicted molar refractivity (Wildman–Crippen MR) is 74.8 cm³/mol. The SMILES string of the molecule is CCC(CC)C(O)CNCCC(C)(C)C(N)=NO. The van der Waals surface area contributed by atoms with Crippen LogP contribution in [0.1, 0.15) is 47.0 Å². The molecule has 0 saturated carbocycles. The van der Waals surface area contributed by atoms with Gasteiger partial charge in [0.25, 0.3) is 0 Å². The maximum Gasteiger partial charge on any atom is 0.144 e. The molecule has 0 aromatic rings. The summed E-state index contributed by atoms with van der Waals surface area (Å²) < 4.78 is 0. The highest BCUT2D eigenvalue weighted by atomic mass is 16.4. The number of rotatable bonds is 9. The fourth-order valence-electron chi connectivity index (χ4n) is 1.91. The summed E-state index contributed by atoms with van der Waals surface area (Å²) in [6.45, 7) is 9.39. The lowest BCUT2D eigenvalue weighted by Gasteiger charge is -2.24. The first kappa shape index (κ1) is 17.2. The quantitative estimate of drug-likeness (QED) is 0.166. The Morgan fingerprint density at radius 2 is 1.89 bits per heavy atom. The van der Waals surface area contributed by atoms with Gasteiger partial charge in [-0.1, -0.05) is 45.7 Å². The van der Waals surface area contributed by atoms with Crippen LogP contribution in [0.3, 0.4) is 0 Å². The van der Waals surface area contributed by atoms with Gasteiger partial charge in [-0.2, -0.15) is 0 Å². The van der Waals surface area contributed by atoms with Gasteiger partial charge in [0.2, 0.25) is 0 Å². The number of oxime groups is 1. The second kappa shape index (κ2) is 8.32. The minimum absolute atomic E-state index is 0.241. The van der Waals surface area contributed by atoms with Crippen molar-refractivity contribution in [3.05, 3.63) is 0 Å². The van der Waals surface area contributed by atoms with Crippen molar-refractivity contribution in [2.75, 3.05) is 13.1 Å². The molecule has 1 atom stereocenters. The first-order chi connectivity index (χ1) is 8.38. The van der Waals surface area contributed by atoms with E-state index in [1.165, 1.54) is 0 Å². The molecule has 0 fully saturated rings. The second-order valence-corrected chi connectivity index (χ2v) is 5.47. The minimum Gasteiger partial charge on any atom is -0.409 e. The third kappa shape index (κ3) is 5.69. The van der Waals surface area contributed by atoms with Gasteiger partial charge in [-0.25, -0.2) is 0 Å². The first-order valence-electron chi connectivity index (χ1n) is 6.75. The van der Waals surface area contributed by atoms with Crippen LogP contribution in [0.25, 0.3) is 0 Å². The Labute approximate surface area is 110 Å². The molecule has 0 aliphatic carbocycles. The van der Waals surface area contributed by atoms with E-state index in [1.807, 2.05) is 13.8 Å². The molecule has 5 nitrogen and oxygen atoms in total. The summed E-state index contributed by atoms with van der Waals surface area (Å²) in [6.07, 6.45) is 2.45. The zero-order valence-corrected chi connectivity index (χ0v) is 12.1. The Balaban J connectivity index is 3.93. The summed E-state index contributed by atoms with van der Waals surface area (Å²) in [4.78, 5) is 0. The van der Waals surface area contributed by atoms with E-state index in [4.69, 9.17) is 10.9 Å². The Morgan fingerprint density at radius 3 is 2.33 bits per heavy atom. The molecule has 18 heavy (non-hydrogen) atoms. The maximum atomic E-state index is 9.94. The van der Waals surface area contributed by atoms with Crippen molar-refractivity contribution >= 4 is 5.84 Å². The summed E-state index contributed by atoms with van der Waals surface area (Å²) in [6, 6.07) is 0. The molecule has 0 rings (SSSR count). The maximum absolute atomic E-state index is 9.94. The summed E-state index contributed by atoms with van der Waals surface area (Å²) in [5.74, 6) is 0.597. The number of nitrogens with two attached hydrogens (primary N) is 1. The molecule has 0 spiro atoms. The molecule has 0 saturated heterocycles. The molecule has 5 N–H and O–H groups in total. The van der Waals surface area contributed by atoms with E-state index in [1.54, 1.807) is 0 Å². The number of hydrogen-bond donors (Lipinski definition) is 4. The Kier molecular flexibility index (Phi) is 7.95. The van der Waals surface area contributed by atoms with Gasteiger partial charge < -0.3 is 21.4 Å². The molecule has 0 aliphatic rings. The molecule has 0 aromatic carbocycles. The molecule has 0 aromatic heterocycles. The summed E-state index contributed by atoms with van der Waals surface area (Å²) in [5.41, 5.74) is 5.28. The zero-order chi connectivity index (χ0) is 14.2. The second-order valence-electron chi connectivity index (χ2n) is 5.47. The van der Waals surface area contributed by atoms with Gasteiger partial charge in [0, 0.05) is 12.0 Å². The van der Waals surface area contributed by atoms with Crippen molar-refractivity contribution in [2.24, 2.45) is 22.2 Å². The highest BCUT2D eigenvalue weighted by molar-refractivity contribution is 5.85. The Hall–Kier alpha value is -0.810. The largest absolute Gasteiger partial charge is 0.409 e. The number of nitrogens with one attached hydrogen (secondary N) is 1. The van der Waals surface area contributed by atoms with Gasteiger partial charge >= 0.3 is 0 Å². The normalized spacial score (nSPS) is 15.1. The zero-order valence-electron chi connectivity index (χ0n) is 12.1. The molecule has 0 heterocycles. The van der Waals surface area contributed by atoms with Crippen LogP contribution in [-0.2, 0) is 0 Å². The van der Waals surface area contributed by atoms with Crippen LogP contribution >= 0.6 is 0 Å². The van der Waals surface area contributed by atoms with Crippen LogP contribution in [-0.4, -0.2) is 35.3 Å². The van der Waals surface area contributed by atoms with E-state index >= 15 is 0 Å². The van der Waals surface area contributed by atoms with Crippen molar-refractivity contribution < 1.29 is 10.3 Å². The first-order valence-corrected chi connectivity index (χ1v) is 6.75. The summed E-state index contributed by atoms with van der Waals surface area (Å²) in [5, 5.41) is 24.9. The smallest absolute Gasteiger partial charge is 0.144 e. The molecule has 5 heteroatoms. The predicted octanol–water partition coefficient (Wildman–Crippen LogP) is 1.54. The fourth-order valence-corrected chi connectivity index (χ4v) is 1.91. The third-order valence-corrected chi connectivity index (χ3v) is 3.67. The molecule has 0 aliphatic heterocycles. The van der Waals surface area contributed by atoms with Gasteiger partial charge in [0.1, 0.15) is 5.84 Å². The van der Waals surface area contributed by atoms with Crippen LogP contribution in [0, 0.1) is 11.3 Å². The van der Waals surface area contributed by atoms with Gasteiger partial charge in [-0.3, -0.25) is 0 Å². The molecule has 0 radical (unpaired) electrons. The summed E-state index contributed by atoms with van der Waals surface area (Å²) in [7, 11) is 0. The third-order valence-electron chi connectivity index (χ3n) is 3.67. The van der Waals surface area contributed by atoms with E-state index < -0.39 is 0 Å². The van der Waals surface area contributed by atoms with E-state index in [2.05, 4.69) is 24.3 Å². The lowest BCUT2D eigenvalue weighted by Crippen LogP contribution is -2.37. The lowest BCUT2D eigenvalue weighted by atomic mass is 9.88. The minimum atomic E-state index is -0.332. The standard InChI is InChI=1S/C13H29N3O2/c1-5-10(6-2)11(17)9-15-8-7-13(3,4)12(14)16-18/h10-11,15,17-18H,5-9H2,1-4H3,(H2,14,16). The van der Waals surface area contributed by atoms with Gasteiger partial charge in [0.05, 0.1) is 6.10 Å². The van der Waals surface area contributed by atoms with Gasteiger partial charge in [0.15, 0.2) is 0 Å². The number of aliphatic hydroxyl groups is 1. The fraction of sp³-hybridized carbons (Fsp3) is 0.923. The van der Waals surface area contributed by atoms with Gasteiger partial charge in [-0.05, 0) is 18.9 Å². The molecule has 0 amide bonds. The summed E-state index contributed by atoms with van der Waals surface area (Å²) >= 11 is 0. The number of hydrogen-bond acceptors (Lipinski definition) is 4. The van der Waals surface area contributed by atoms with E-state index in [-0.39, 0.29) is 17.4 Å². The topological polar surface area (TPSA) is 90.9 Å². The Bertz CT molecular complexity index is 251. The average molecular weight is 259 g/mol.